The van der Waals surface area contributed by atoms with E-state index in [1.807, 2.05) is 25.0 Å². The van der Waals surface area contributed by atoms with Crippen molar-refractivity contribution < 1.29 is 19.1 Å². The number of dihydropyridines is 1. The Morgan fingerprint density at radius 1 is 1.20 bits per heavy atom. The molecule has 0 aliphatic carbocycles. The number of nitrogens with zero attached hydrogens (tertiary/aromatic N) is 2. The summed E-state index contributed by atoms with van der Waals surface area (Å²) in [5.41, 5.74) is 9.79. The zero-order chi connectivity index (χ0) is 34.8. The summed E-state index contributed by atoms with van der Waals surface area (Å²) in [5, 5.41) is 24.4. The second-order valence-corrected chi connectivity index (χ2v) is 10.4. The standard InChI is InChI=1S/C30H38N8O3.C3H8.CH2O/c1-6-18(2)19-12-13-35-21(14-19)17-38(4)30(40)24-11-10-20(16-36-24)22-8-7-9-23(28(22)41-5)37-25(15-26(31)32)27(33)29(39)34-3;1-3-2;1-2/h7-15,18,33,36-37H,6,16-17H2,1-5H3,(H3,31,32)(H,34,39);3H2,1-2H3;1H2/b25-15+,33-27?;;. The molecule has 12 nitrogen and oxygen atoms in total. The van der Waals surface area contributed by atoms with Gasteiger partial charge in [-0.3, -0.25) is 25.4 Å². The molecule has 1 aliphatic heterocycles. The van der Waals surface area contributed by atoms with Gasteiger partial charge in [0.25, 0.3) is 11.8 Å². The Morgan fingerprint density at radius 2 is 1.87 bits per heavy atom. The summed E-state index contributed by atoms with van der Waals surface area (Å²) >= 11 is 0. The number of allylic oxidation sites excluding steroid dienone is 2. The lowest BCUT2D eigenvalue weighted by Gasteiger charge is -2.24. The van der Waals surface area contributed by atoms with Gasteiger partial charge in [-0.25, -0.2) is 0 Å². The van der Waals surface area contributed by atoms with Crippen molar-refractivity contribution in [1.29, 1.82) is 10.8 Å². The summed E-state index contributed by atoms with van der Waals surface area (Å²) in [6.45, 7) is 11.3. The molecule has 2 aromatic rings. The van der Waals surface area contributed by atoms with Crippen molar-refractivity contribution in [3.63, 3.8) is 0 Å². The van der Waals surface area contributed by atoms with E-state index in [9.17, 15) is 9.59 Å². The lowest BCUT2D eigenvalue weighted by molar-refractivity contribution is -0.126. The normalized spacial score (nSPS) is 12.6. The van der Waals surface area contributed by atoms with Crippen LogP contribution >= 0.6 is 0 Å². The molecule has 0 saturated carbocycles. The molecule has 46 heavy (non-hydrogen) atoms. The fraction of sp³-hybridized carbons (Fsp3) is 0.353. The van der Waals surface area contributed by atoms with Gasteiger partial charge < -0.3 is 36.1 Å². The van der Waals surface area contributed by atoms with Gasteiger partial charge in [0.05, 0.1) is 30.7 Å². The number of para-hydroxylation sites is 1. The van der Waals surface area contributed by atoms with Crippen LogP contribution in [0.25, 0.3) is 5.57 Å². The minimum absolute atomic E-state index is 0.0445. The third kappa shape index (κ3) is 11.0. The summed E-state index contributed by atoms with van der Waals surface area (Å²) in [4.78, 5) is 39.3. The molecule has 7 N–H and O–H groups in total. The summed E-state index contributed by atoms with van der Waals surface area (Å²) < 4.78 is 5.70. The molecule has 1 aromatic carbocycles. The minimum atomic E-state index is -0.634. The zero-order valence-electron chi connectivity index (χ0n) is 27.9. The van der Waals surface area contributed by atoms with Gasteiger partial charge in [0.15, 0.2) is 0 Å². The zero-order valence-corrected chi connectivity index (χ0v) is 27.9. The van der Waals surface area contributed by atoms with Gasteiger partial charge in [0.1, 0.15) is 29.8 Å². The van der Waals surface area contributed by atoms with Crippen molar-refractivity contribution in [2.75, 3.05) is 33.1 Å². The topological polar surface area (TPSA) is 186 Å². The number of rotatable bonds is 12. The molecule has 0 bridgehead atoms. The molecule has 0 fully saturated rings. The van der Waals surface area contributed by atoms with Gasteiger partial charge in [0.2, 0.25) is 0 Å². The van der Waals surface area contributed by atoms with Crippen LogP contribution in [0.1, 0.15) is 63.3 Å². The van der Waals surface area contributed by atoms with Crippen LogP contribution in [0.15, 0.2) is 66.2 Å². The maximum absolute atomic E-state index is 13.2. The Balaban J connectivity index is 0.00000199. The number of hydrogen-bond acceptors (Lipinski definition) is 9. The van der Waals surface area contributed by atoms with Crippen LogP contribution < -0.4 is 26.4 Å². The summed E-state index contributed by atoms with van der Waals surface area (Å²) in [6.07, 6.45) is 8.86. The van der Waals surface area contributed by atoms with E-state index < -0.39 is 5.91 Å². The lowest BCUT2D eigenvalue weighted by Crippen LogP contribution is -2.35. The van der Waals surface area contributed by atoms with Gasteiger partial charge in [0, 0.05) is 38.5 Å². The number of nitrogens with one attached hydrogen (secondary N) is 5. The quantitative estimate of drug-likeness (QED) is 0.147. The number of carbonyl (C=O) groups excluding carboxylic acids is 3. The molecule has 0 radical (unpaired) electrons. The van der Waals surface area contributed by atoms with Crippen molar-refractivity contribution in [3.8, 4) is 5.75 Å². The van der Waals surface area contributed by atoms with E-state index in [1.54, 1.807) is 36.4 Å². The Labute approximate surface area is 272 Å². The van der Waals surface area contributed by atoms with Crippen LogP contribution in [-0.2, 0) is 20.9 Å². The fourth-order valence-electron chi connectivity index (χ4n) is 4.30. The average molecular weight is 633 g/mol. The highest BCUT2D eigenvalue weighted by molar-refractivity contribution is 6.45. The number of benzene rings is 1. The van der Waals surface area contributed by atoms with Gasteiger partial charge in [-0.1, -0.05) is 52.3 Å². The number of aromatic nitrogens is 1. The Kier molecular flexibility index (Phi) is 16.8. The molecule has 0 spiro atoms. The highest BCUT2D eigenvalue weighted by atomic mass is 16.5. The maximum atomic E-state index is 13.2. The van der Waals surface area contributed by atoms with Gasteiger partial charge >= 0.3 is 0 Å². The van der Waals surface area contributed by atoms with Crippen LogP contribution in [0.4, 0.5) is 5.69 Å². The van der Waals surface area contributed by atoms with E-state index >= 15 is 0 Å². The molecule has 3 rings (SSSR count). The van der Waals surface area contributed by atoms with Crippen molar-refractivity contribution >= 4 is 41.4 Å². The van der Waals surface area contributed by atoms with Crippen molar-refractivity contribution in [2.24, 2.45) is 5.73 Å². The van der Waals surface area contributed by atoms with Crippen molar-refractivity contribution in [2.45, 2.75) is 53.0 Å². The number of likely N-dealkylation sites (N-methyl/N-ethyl adjacent to an activating group) is 1. The molecule has 2 heterocycles. The van der Waals surface area contributed by atoms with Crippen LogP contribution in [0.3, 0.4) is 0 Å². The Bertz CT molecular complexity index is 1460. The maximum Gasteiger partial charge on any atom is 0.271 e. The average Bonchev–Trinajstić information content (AvgIpc) is 3.07. The van der Waals surface area contributed by atoms with Crippen LogP contribution in [-0.4, -0.2) is 67.8 Å². The molecule has 1 unspecified atom stereocenters. The molecule has 1 aromatic heterocycles. The van der Waals surface area contributed by atoms with E-state index in [1.165, 1.54) is 32.2 Å². The molecule has 2 amide bonds. The molecule has 1 aliphatic rings. The second-order valence-electron chi connectivity index (χ2n) is 10.4. The Hall–Kier alpha value is -5.26. The van der Waals surface area contributed by atoms with Gasteiger partial charge in [-0.15, -0.1) is 0 Å². The predicted octanol–water partition coefficient (Wildman–Crippen LogP) is 4.36. The summed E-state index contributed by atoms with van der Waals surface area (Å²) in [6, 6.07) is 9.48. The largest absolute Gasteiger partial charge is 0.494 e. The Morgan fingerprint density at radius 3 is 2.41 bits per heavy atom. The minimum Gasteiger partial charge on any atom is -0.494 e. The van der Waals surface area contributed by atoms with Crippen LogP contribution in [0.2, 0.25) is 0 Å². The van der Waals surface area contributed by atoms with Crippen LogP contribution in [0, 0.1) is 10.8 Å². The number of anilines is 1. The highest BCUT2D eigenvalue weighted by Gasteiger charge is 2.22. The number of pyridine rings is 1. The van der Waals surface area contributed by atoms with E-state index in [0.29, 0.717) is 36.1 Å². The summed E-state index contributed by atoms with van der Waals surface area (Å²) in [7, 11) is 4.68. The lowest BCUT2D eigenvalue weighted by atomic mass is 9.99. The monoisotopic (exact) mass is 632 g/mol. The highest BCUT2D eigenvalue weighted by Crippen LogP contribution is 2.35. The third-order valence-corrected chi connectivity index (χ3v) is 6.78. The molecular weight excluding hydrogens is 584 g/mol. The first kappa shape index (κ1) is 38.8. The molecular formula is C34H48N8O4. The predicted molar refractivity (Wildman–Crippen MR) is 185 cm³/mol. The smallest absolute Gasteiger partial charge is 0.271 e. The number of amides is 2. The molecule has 1 atom stereocenters. The van der Waals surface area contributed by atoms with E-state index in [2.05, 4.69) is 54.7 Å². The van der Waals surface area contributed by atoms with E-state index in [-0.39, 0.29) is 23.2 Å². The summed E-state index contributed by atoms with van der Waals surface area (Å²) in [5.74, 6) is -0.209. The number of amidine groups is 1. The first-order valence-electron chi connectivity index (χ1n) is 15.0. The van der Waals surface area contributed by atoms with Crippen molar-refractivity contribution in [1.82, 2.24) is 20.5 Å². The number of ether oxygens (including phenoxy) is 1. The van der Waals surface area contributed by atoms with Gasteiger partial charge in [-0.05, 0) is 47.8 Å². The molecule has 12 heteroatoms. The number of carbonyl (C=O) groups is 3. The number of nitrogens with two attached hydrogens (primary N) is 1. The van der Waals surface area contributed by atoms with Crippen molar-refractivity contribution in [3.05, 3.63) is 83.0 Å². The first-order valence-corrected chi connectivity index (χ1v) is 15.0. The van der Waals surface area contributed by atoms with Gasteiger partial charge in [-0.2, -0.15) is 0 Å². The SMILES string of the molecule is C=O.CCC.CCC(C)c1ccnc(CN(C)C(=O)C2=CC=C(c3cccc(N/C(=C/C(=N)N)C(=N)C(=O)NC)c3OC)CN2)c1. The molecule has 0 saturated heterocycles. The number of hydrogen-bond donors (Lipinski definition) is 6. The van der Waals surface area contributed by atoms with E-state index in [0.717, 1.165) is 23.3 Å². The van der Waals surface area contributed by atoms with E-state index in [4.69, 9.17) is 26.1 Å². The first-order chi connectivity index (χ1) is 22.0. The van der Waals surface area contributed by atoms with Crippen LogP contribution in [0.5, 0.6) is 5.75 Å². The fourth-order valence-corrected chi connectivity index (χ4v) is 4.30. The number of methoxy groups -OCH3 is 1. The second kappa shape index (κ2) is 19.9. The third-order valence-electron chi connectivity index (χ3n) is 6.78. The molecule has 248 valence electrons.